The molecule has 0 saturated carbocycles. The fraction of sp³-hybridized carbons (Fsp3) is 0.714. The predicted molar refractivity (Wildman–Crippen MR) is 101 cm³/mol. The summed E-state index contributed by atoms with van der Waals surface area (Å²) in [6.07, 6.45) is 1.23. The second-order valence-corrected chi connectivity index (χ2v) is 8.66. The van der Waals surface area contributed by atoms with Crippen molar-refractivity contribution in [1.29, 1.82) is 0 Å². The van der Waals surface area contributed by atoms with Crippen LogP contribution in [0, 0.1) is 10.8 Å². The van der Waals surface area contributed by atoms with Gasteiger partial charge < -0.3 is 4.90 Å². The molecule has 0 aliphatic heterocycles. The van der Waals surface area contributed by atoms with Crippen LogP contribution in [0.15, 0.2) is 24.3 Å². The van der Waals surface area contributed by atoms with Crippen LogP contribution in [0.2, 0.25) is 0 Å². The molecule has 0 saturated heterocycles. The SMILES string of the molecule is CC.CN(C)Cc1ccc(C(CC(C)(C)C)C(C)(C)C)cc1. The Balaban J connectivity index is 0.00000211. The Kier molecular flexibility index (Phi) is 8.39. The van der Waals surface area contributed by atoms with E-state index >= 15 is 0 Å². The summed E-state index contributed by atoms with van der Waals surface area (Å²) in [6.45, 7) is 19.1. The van der Waals surface area contributed by atoms with Crippen molar-refractivity contribution in [2.24, 2.45) is 10.8 Å². The molecule has 0 heterocycles. The maximum atomic E-state index is 2.36. The third-order valence-electron chi connectivity index (χ3n) is 3.74. The van der Waals surface area contributed by atoms with E-state index < -0.39 is 0 Å². The monoisotopic (exact) mass is 305 g/mol. The summed E-state index contributed by atoms with van der Waals surface area (Å²) in [6, 6.07) is 9.24. The van der Waals surface area contributed by atoms with E-state index in [0.29, 0.717) is 16.7 Å². The maximum Gasteiger partial charge on any atom is 0.0227 e. The van der Waals surface area contributed by atoms with Gasteiger partial charge in [-0.2, -0.15) is 0 Å². The van der Waals surface area contributed by atoms with Crippen LogP contribution in [-0.2, 0) is 6.54 Å². The highest BCUT2D eigenvalue weighted by molar-refractivity contribution is 5.27. The first-order valence-electron chi connectivity index (χ1n) is 8.72. The molecule has 0 radical (unpaired) electrons. The minimum Gasteiger partial charge on any atom is -0.305 e. The number of benzene rings is 1. The summed E-state index contributed by atoms with van der Waals surface area (Å²) >= 11 is 0. The molecule has 128 valence electrons. The van der Waals surface area contributed by atoms with E-state index in [1.807, 2.05) is 13.8 Å². The Morgan fingerprint density at radius 3 is 1.64 bits per heavy atom. The smallest absolute Gasteiger partial charge is 0.0227 e. The summed E-state index contributed by atoms with van der Waals surface area (Å²) in [5.41, 5.74) is 3.54. The third-order valence-corrected chi connectivity index (χ3v) is 3.74. The van der Waals surface area contributed by atoms with E-state index in [0.717, 1.165) is 6.54 Å². The predicted octanol–water partition coefficient (Wildman–Crippen LogP) is 6.34. The van der Waals surface area contributed by atoms with Gasteiger partial charge in [-0.05, 0) is 48.4 Å². The van der Waals surface area contributed by atoms with Crippen molar-refractivity contribution in [3.8, 4) is 0 Å². The van der Waals surface area contributed by atoms with E-state index in [1.165, 1.54) is 17.5 Å². The number of rotatable bonds is 4. The molecule has 22 heavy (non-hydrogen) atoms. The molecule has 0 amide bonds. The Morgan fingerprint density at radius 1 is 0.864 bits per heavy atom. The van der Waals surface area contributed by atoms with Gasteiger partial charge in [0.05, 0.1) is 0 Å². The molecule has 0 aromatic heterocycles. The van der Waals surface area contributed by atoms with Crippen molar-refractivity contribution in [1.82, 2.24) is 4.90 Å². The first kappa shape index (κ1) is 21.2. The van der Waals surface area contributed by atoms with Crippen LogP contribution >= 0.6 is 0 Å². The van der Waals surface area contributed by atoms with E-state index in [2.05, 4.69) is 84.8 Å². The van der Waals surface area contributed by atoms with Crippen molar-refractivity contribution < 1.29 is 0 Å². The number of nitrogens with zero attached hydrogens (tertiary/aromatic N) is 1. The lowest BCUT2D eigenvalue weighted by Crippen LogP contribution is -2.23. The van der Waals surface area contributed by atoms with Crippen molar-refractivity contribution in [3.05, 3.63) is 35.4 Å². The van der Waals surface area contributed by atoms with Crippen LogP contribution in [0.4, 0.5) is 0 Å². The van der Waals surface area contributed by atoms with E-state index in [1.54, 1.807) is 0 Å². The van der Waals surface area contributed by atoms with E-state index in [4.69, 9.17) is 0 Å². The molecule has 1 nitrogen and oxygen atoms in total. The summed E-state index contributed by atoms with van der Waals surface area (Å²) in [4.78, 5) is 2.21. The number of hydrogen-bond acceptors (Lipinski definition) is 1. The Labute approximate surface area is 140 Å². The van der Waals surface area contributed by atoms with Gasteiger partial charge in [-0.1, -0.05) is 79.7 Å². The van der Waals surface area contributed by atoms with Gasteiger partial charge in [-0.25, -0.2) is 0 Å². The largest absolute Gasteiger partial charge is 0.305 e. The van der Waals surface area contributed by atoms with Gasteiger partial charge in [0.1, 0.15) is 0 Å². The second-order valence-electron chi connectivity index (χ2n) is 8.66. The second kappa shape index (κ2) is 8.72. The van der Waals surface area contributed by atoms with Crippen LogP contribution in [0.3, 0.4) is 0 Å². The van der Waals surface area contributed by atoms with Crippen molar-refractivity contribution in [2.75, 3.05) is 14.1 Å². The highest BCUT2D eigenvalue weighted by atomic mass is 15.0. The minimum atomic E-state index is 0.302. The fourth-order valence-corrected chi connectivity index (χ4v) is 2.76. The summed E-state index contributed by atoms with van der Waals surface area (Å²) in [5, 5.41) is 0. The average molecular weight is 306 g/mol. The highest BCUT2D eigenvalue weighted by Gasteiger charge is 2.30. The summed E-state index contributed by atoms with van der Waals surface area (Å²) in [7, 11) is 4.23. The molecule has 1 heteroatoms. The molecule has 1 atom stereocenters. The molecule has 0 fully saturated rings. The fourth-order valence-electron chi connectivity index (χ4n) is 2.76. The van der Waals surface area contributed by atoms with Crippen molar-refractivity contribution in [2.45, 2.75) is 74.3 Å². The van der Waals surface area contributed by atoms with Crippen LogP contribution in [-0.4, -0.2) is 19.0 Å². The molecule has 1 unspecified atom stereocenters. The van der Waals surface area contributed by atoms with Gasteiger partial charge in [-0.15, -0.1) is 0 Å². The summed E-state index contributed by atoms with van der Waals surface area (Å²) in [5.74, 6) is 0.607. The molecular weight excluding hydrogens is 266 g/mol. The summed E-state index contributed by atoms with van der Waals surface area (Å²) < 4.78 is 0. The molecule has 1 rings (SSSR count). The molecule has 1 aromatic rings. The van der Waals surface area contributed by atoms with Crippen LogP contribution in [0.25, 0.3) is 0 Å². The zero-order chi connectivity index (χ0) is 17.6. The molecule has 0 bridgehead atoms. The Hall–Kier alpha value is -0.820. The lowest BCUT2D eigenvalue weighted by molar-refractivity contribution is 0.229. The van der Waals surface area contributed by atoms with Crippen LogP contribution in [0.5, 0.6) is 0 Å². The van der Waals surface area contributed by atoms with Gasteiger partial charge >= 0.3 is 0 Å². The molecule has 0 aliphatic rings. The van der Waals surface area contributed by atoms with Crippen LogP contribution in [0.1, 0.15) is 78.9 Å². The van der Waals surface area contributed by atoms with E-state index in [-0.39, 0.29) is 0 Å². The zero-order valence-electron chi connectivity index (χ0n) is 16.7. The zero-order valence-corrected chi connectivity index (χ0v) is 16.7. The third kappa shape index (κ3) is 7.98. The molecule has 0 spiro atoms. The minimum absolute atomic E-state index is 0.302. The number of hydrogen-bond donors (Lipinski definition) is 0. The van der Waals surface area contributed by atoms with Crippen LogP contribution < -0.4 is 0 Å². The van der Waals surface area contributed by atoms with Crippen molar-refractivity contribution in [3.63, 3.8) is 0 Å². The normalized spacial score (nSPS) is 13.6. The van der Waals surface area contributed by atoms with Gasteiger partial charge in [0, 0.05) is 6.54 Å². The molecule has 1 aromatic carbocycles. The first-order valence-corrected chi connectivity index (χ1v) is 8.72. The van der Waals surface area contributed by atoms with Gasteiger partial charge in [0.2, 0.25) is 0 Å². The van der Waals surface area contributed by atoms with Gasteiger partial charge in [0.15, 0.2) is 0 Å². The lowest BCUT2D eigenvalue weighted by Gasteiger charge is -2.36. The maximum absolute atomic E-state index is 2.36. The van der Waals surface area contributed by atoms with Crippen molar-refractivity contribution >= 4 is 0 Å². The lowest BCUT2D eigenvalue weighted by atomic mass is 9.69. The quantitative estimate of drug-likeness (QED) is 0.627. The van der Waals surface area contributed by atoms with Gasteiger partial charge in [-0.3, -0.25) is 0 Å². The molecule has 0 aliphatic carbocycles. The van der Waals surface area contributed by atoms with Gasteiger partial charge in [0.25, 0.3) is 0 Å². The Bertz CT molecular complexity index is 401. The average Bonchev–Trinajstić information content (AvgIpc) is 2.37. The standard InChI is InChI=1S/C19H33N.C2H6/c1-18(2,3)13-17(19(4,5)6)16-11-9-15(10-12-16)14-20(7)8;1-2/h9-12,17H,13-14H2,1-8H3;1-2H3. The Morgan fingerprint density at radius 2 is 1.32 bits per heavy atom. The first-order chi connectivity index (χ1) is 9.99. The van der Waals surface area contributed by atoms with E-state index in [9.17, 15) is 0 Å². The molecular formula is C21H39N. The molecule has 0 N–H and O–H groups in total. The highest BCUT2D eigenvalue weighted by Crippen LogP contribution is 2.42. The topological polar surface area (TPSA) is 3.24 Å².